The van der Waals surface area contributed by atoms with Gasteiger partial charge in [0.25, 0.3) is 0 Å². The molecule has 0 aliphatic carbocycles. The molecule has 0 aromatic heterocycles. The molecule has 0 bridgehead atoms. The molecule has 1 unspecified atom stereocenters. The zero-order valence-corrected chi connectivity index (χ0v) is 12.1. The van der Waals surface area contributed by atoms with Crippen LogP contribution in [0.1, 0.15) is 25.5 Å². The number of halogens is 2. The summed E-state index contributed by atoms with van der Waals surface area (Å²) in [5.74, 6) is 0.590. The van der Waals surface area contributed by atoms with E-state index in [2.05, 4.69) is 25.8 Å². The lowest BCUT2D eigenvalue weighted by Crippen LogP contribution is -2.33. The lowest BCUT2D eigenvalue weighted by molar-refractivity contribution is 0.224. The summed E-state index contributed by atoms with van der Waals surface area (Å²) in [7, 11) is 2.06. The summed E-state index contributed by atoms with van der Waals surface area (Å²) in [6.07, 6.45) is 0. The Kier molecular flexibility index (Phi) is 5.74. The van der Waals surface area contributed by atoms with Crippen molar-refractivity contribution in [1.82, 2.24) is 4.90 Å². The first-order chi connectivity index (χ1) is 7.97. The highest BCUT2D eigenvalue weighted by Gasteiger charge is 2.19. The molecule has 0 saturated heterocycles. The van der Waals surface area contributed by atoms with Gasteiger partial charge in [0, 0.05) is 19.1 Å². The van der Waals surface area contributed by atoms with Crippen LogP contribution < -0.4 is 5.73 Å². The molecule has 1 atom stereocenters. The molecule has 0 aliphatic rings. The van der Waals surface area contributed by atoms with Crippen LogP contribution in [0, 0.1) is 5.92 Å². The molecule has 0 heterocycles. The summed E-state index contributed by atoms with van der Waals surface area (Å²) in [6, 6.07) is 5.81. The maximum Gasteiger partial charge on any atom is 0.0640 e. The number of nitrogens with two attached hydrogens (primary N) is 1. The van der Waals surface area contributed by atoms with Crippen molar-refractivity contribution in [2.45, 2.75) is 19.9 Å². The minimum atomic E-state index is 0.114. The fraction of sp³-hybridized carbons (Fsp3) is 0.538. The summed E-state index contributed by atoms with van der Waals surface area (Å²) in [5, 5.41) is 1.20. The van der Waals surface area contributed by atoms with Gasteiger partial charge in [-0.25, -0.2) is 0 Å². The Balaban J connectivity index is 2.97. The number of hydrogen-bond donors (Lipinski definition) is 1. The largest absolute Gasteiger partial charge is 0.329 e. The van der Waals surface area contributed by atoms with Crippen LogP contribution in [0.15, 0.2) is 18.2 Å². The van der Waals surface area contributed by atoms with Crippen LogP contribution in [0.3, 0.4) is 0 Å². The van der Waals surface area contributed by atoms with E-state index in [1.54, 1.807) is 6.07 Å². The first-order valence-corrected chi connectivity index (χ1v) is 6.57. The molecule has 0 amide bonds. The number of hydrogen-bond acceptors (Lipinski definition) is 2. The zero-order valence-electron chi connectivity index (χ0n) is 10.6. The van der Waals surface area contributed by atoms with Gasteiger partial charge in [0.1, 0.15) is 0 Å². The first-order valence-electron chi connectivity index (χ1n) is 5.81. The van der Waals surface area contributed by atoms with Gasteiger partial charge in [-0.1, -0.05) is 49.2 Å². The summed E-state index contributed by atoms with van der Waals surface area (Å²) < 4.78 is 0. The molecule has 0 fully saturated rings. The van der Waals surface area contributed by atoms with Crippen molar-refractivity contribution in [2.24, 2.45) is 11.7 Å². The Morgan fingerprint density at radius 3 is 2.47 bits per heavy atom. The quantitative estimate of drug-likeness (QED) is 0.890. The minimum absolute atomic E-state index is 0.114. The van der Waals surface area contributed by atoms with E-state index in [0.29, 0.717) is 22.5 Å². The van der Waals surface area contributed by atoms with Gasteiger partial charge in [0.15, 0.2) is 0 Å². The molecule has 2 N–H and O–H groups in total. The van der Waals surface area contributed by atoms with Crippen molar-refractivity contribution in [3.8, 4) is 0 Å². The van der Waals surface area contributed by atoms with Crippen molar-refractivity contribution in [2.75, 3.05) is 20.1 Å². The van der Waals surface area contributed by atoms with E-state index in [1.807, 2.05) is 12.1 Å². The van der Waals surface area contributed by atoms with Crippen molar-refractivity contribution >= 4 is 23.2 Å². The van der Waals surface area contributed by atoms with Crippen molar-refractivity contribution in [3.63, 3.8) is 0 Å². The fourth-order valence-electron chi connectivity index (χ4n) is 2.03. The van der Waals surface area contributed by atoms with Crippen molar-refractivity contribution < 1.29 is 0 Å². The molecule has 17 heavy (non-hydrogen) atoms. The van der Waals surface area contributed by atoms with Gasteiger partial charge in [-0.15, -0.1) is 0 Å². The smallest absolute Gasteiger partial charge is 0.0640 e. The van der Waals surface area contributed by atoms with E-state index >= 15 is 0 Å². The molecular formula is C13H20Cl2N2. The van der Waals surface area contributed by atoms with Crippen LogP contribution in [0.25, 0.3) is 0 Å². The van der Waals surface area contributed by atoms with E-state index in [9.17, 15) is 0 Å². The SMILES string of the molecule is CC(C)CN(C)C(CN)c1cccc(Cl)c1Cl. The van der Waals surface area contributed by atoms with E-state index in [4.69, 9.17) is 28.9 Å². The second-order valence-electron chi connectivity index (χ2n) is 4.73. The third kappa shape index (κ3) is 3.85. The van der Waals surface area contributed by atoms with E-state index in [1.165, 1.54) is 0 Å². The topological polar surface area (TPSA) is 29.3 Å². The lowest BCUT2D eigenvalue weighted by atomic mass is 10.0. The van der Waals surface area contributed by atoms with Crippen LogP contribution >= 0.6 is 23.2 Å². The molecule has 1 rings (SSSR count). The molecule has 0 saturated carbocycles. The maximum atomic E-state index is 6.23. The number of likely N-dealkylation sites (N-methyl/N-ethyl adjacent to an activating group) is 1. The predicted molar refractivity (Wildman–Crippen MR) is 75.7 cm³/mol. The first kappa shape index (κ1) is 14.8. The highest BCUT2D eigenvalue weighted by atomic mass is 35.5. The van der Waals surface area contributed by atoms with Crippen molar-refractivity contribution in [1.29, 1.82) is 0 Å². The van der Waals surface area contributed by atoms with E-state index in [-0.39, 0.29) is 6.04 Å². The monoisotopic (exact) mass is 274 g/mol. The summed E-state index contributed by atoms with van der Waals surface area (Å²) in [6.45, 7) is 5.88. The average molecular weight is 275 g/mol. The van der Waals surface area contributed by atoms with E-state index in [0.717, 1.165) is 12.1 Å². The van der Waals surface area contributed by atoms with Gasteiger partial charge >= 0.3 is 0 Å². The molecule has 1 aromatic carbocycles. The van der Waals surface area contributed by atoms with Crippen LogP contribution in [0.2, 0.25) is 10.0 Å². The second-order valence-corrected chi connectivity index (χ2v) is 5.51. The third-order valence-electron chi connectivity index (χ3n) is 2.75. The Morgan fingerprint density at radius 1 is 1.29 bits per heavy atom. The number of nitrogens with zero attached hydrogens (tertiary/aromatic N) is 1. The zero-order chi connectivity index (χ0) is 13.0. The highest BCUT2D eigenvalue weighted by Crippen LogP contribution is 2.32. The molecule has 1 aromatic rings. The minimum Gasteiger partial charge on any atom is -0.329 e. The third-order valence-corrected chi connectivity index (χ3v) is 3.58. The lowest BCUT2D eigenvalue weighted by Gasteiger charge is -2.29. The van der Waals surface area contributed by atoms with Crippen LogP contribution in [0.5, 0.6) is 0 Å². The summed E-state index contributed by atoms with van der Waals surface area (Å²) in [4.78, 5) is 2.22. The Labute approximate surface area is 114 Å². The fourth-order valence-corrected chi connectivity index (χ4v) is 2.46. The highest BCUT2D eigenvalue weighted by molar-refractivity contribution is 6.42. The van der Waals surface area contributed by atoms with Gasteiger partial charge in [-0.3, -0.25) is 4.90 Å². The van der Waals surface area contributed by atoms with Gasteiger partial charge in [-0.05, 0) is 24.6 Å². The number of rotatable bonds is 5. The Hall–Kier alpha value is -0.280. The molecule has 96 valence electrons. The molecule has 0 radical (unpaired) electrons. The second kappa shape index (κ2) is 6.60. The molecule has 4 heteroatoms. The summed E-state index contributed by atoms with van der Waals surface area (Å²) >= 11 is 12.3. The van der Waals surface area contributed by atoms with Gasteiger partial charge in [-0.2, -0.15) is 0 Å². The van der Waals surface area contributed by atoms with Crippen molar-refractivity contribution in [3.05, 3.63) is 33.8 Å². The maximum absolute atomic E-state index is 6.23. The molecule has 2 nitrogen and oxygen atoms in total. The average Bonchev–Trinajstić information content (AvgIpc) is 2.24. The van der Waals surface area contributed by atoms with Crippen LogP contribution in [0.4, 0.5) is 0 Å². The van der Waals surface area contributed by atoms with Gasteiger partial charge < -0.3 is 5.73 Å². The molecule has 0 aliphatic heterocycles. The molecule has 0 spiro atoms. The predicted octanol–water partition coefficient (Wildman–Crippen LogP) is 3.58. The van der Waals surface area contributed by atoms with E-state index < -0.39 is 0 Å². The standard InChI is InChI=1S/C13H20Cl2N2/c1-9(2)8-17(3)12(7-16)10-5-4-6-11(14)13(10)15/h4-6,9,12H,7-8,16H2,1-3H3. The Bertz CT molecular complexity index is 366. The molecular weight excluding hydrogens is 255 g/mol. The van der Waals surface area contributed by atoms with Crippen LogP contribution in [-0.2, 0) is 0 Å². The summed E-state index contributed by atoms with van der Waals surface area (Å²) in [5.41, 5.74) is 6.86. The van der Waals surface area contributed by atoms with Gasteiger partial charge in [0.05, 0.1) is 10.0 Å². The normalized spacial score (nSPS) is 13.4. The Morgan fingerprint density at radius 2 is 1.94 bits per heavy atom. The van der Waals surface area contributed by atoms with Crippen LogP contribution in [-0.4, -0.2) is 25.0 Å². The van der Waals surface area contributed by atoms with Gasteiger partial charge in [0.2, 0.25) is 0 Å². The number of benzene rings is 1.